The van der Waals surface area contributed by atoms with E-state index in [1.807, 2.05) is 0 Å². The van der Waals surface area contributed by atoms with E-state index in [2.05, 4.69) is 67.6 Å². The molecule has 2 aromatic carbocycles. The number of halogens is 2. The molecule has 2 aliphatic rings. The van der Waals surface area contributed by atoms with Gasteiger partial charge in [0.05, 0.1) is 0 Å². The fourth-order valence-electron chi connectivity index (χ4n) is 3.44. The molecule has 2 aromatic rings. The van der Waals surface area contributed by atoms with E-state index in [0.717, 1.165) is 12.2 Å². The average molecular weight is 436 g/mol. The molecule has 0 unspecified atom stereocenters. The minimum absolute atomic E-state index is 0. The monoisotopic (exact) mass is 434 g/mol. The van der Waals surface area contributed by atoms with Crippen LogP contribution in [0.4, 0.5) is 0 Å². The van der Waals surface area contributed by atoms with Crippen LogP contribution < -0.4 is 32.8 Å². The summed E-state index contributed by atoms with van der Waals surface area (Å²) in [5.74, 6) is 1.02. The summed E-state index contributed by atoms with van der Waals surface area (Å²) in [6.07, 6.45) is 10.2. The molecule has 0 spiro atoms. The largest absolute Gasteiger partial charge is 1.00 e. The number of fused-ring (bicyclic) bond motifs is 3. The Labute approximate surface area is 167 Å². The molecule has 122 valence electrons. The first-order valence-electron chi connectivity index (χ1n) is 7.63. The number of ether oxygens (including phenoxy) is 1. The zero-order valence-corrected chi connectivity index (χ0v) is 17.6. The third-order valence-electron chi connectivity index (χ3n) is 4.55. The van der Waals surface area contributed by atoms with Gasteiger partial charge in [0.1, 0.15) is 0 Å². The molecule has 0 bridgehead atoms. The third-order valence-corrected chi connectivity index (χ3v) is 8.51. The predicted molar refractivity (Wildman–Crippen MR) is 87.5 cm³/mol. The summed E-state index contributed by atoms with van der Waals surface area (Å²) in [6, 6.07) is 13.2. The fourth-order valence-corrected chi connectivity index (χ4v) is 7.06. The first kappa shape index (κ1) is 19.5. The van der Waals surface area contributed by atoms with Crippen LogP contribution in [0.1, 0.15) is 18.1 Å². The summed E-state index contributed by atoms with van der Waals surface area (Å²) < 4.78 is 7.57. The molecule has 0 N–H and O–H groups in total. The summed E-state index contributed by atoms with van der Waals surface area (Å²) in [7, 11) is 1.78. The topological polar surface area (TPSA) is 9.23 Å². The van der Waals surface area contributed by atoms with Crippen LogP contribution in [0.3, 0.4) is 0 Å². The Morgan fingerprint density at radius 2 is 1.71 bits per heavy atom. The van der Waals surface area contributed by atoms with Crippen molar-refractivity contribution in [3.8, 4) is 16.9 Å². The Bertz CT molecular complexity index is 799. The Kier molecular flexibility index (Phi) is 6.18. The molecule has 0 aliphatic heterocycles. The zero-order chi connectivity index (χ0) is 15.2. The Hall–Kier alpha value is -0.817. The molecule has 4 rings (SSSR count). The Morgan fingerprint density at radius 3 is 2.42 bits per heavy atom. The van der Waals surface area contributed by atoms with Crippen molar-refractivity contribution < 1.29 is 52.8 Å². The first-order chi connectivity index (χ1) is 10.7. The number of hydrogen-bond acceptors (Lipinski definition) is 1. The zero-order valence-electron chi connectivity index (χ0n) is 13.6. The van der Waals surface area contributed by atoms with Crippen molar-refractivity contribution >= 4 is 3.27 Å². The van der Waals surface area contributed by atoms with Crippen molar-refractivity contribution in [2.24, 2.45) is 0 Å². The van der Waals surface area contributed by atoms with Gasteiger partial charge in [-0.25, -0.2) is 0 Å². The van der Waals surface area contributed by atoms with E-state index in [4.69, 9.17) is 4.74 Å². The van der Waals surface area contributed by atoms with E-state index >= 15 is 0 Å². The smallest absolute Gasteiger partial charge is 1.00 e. The number of hydrogen-bond donors (Lipinski definition) is 0. The molecule has 0 fully saturated rings. The van der Waals surface area contributed by atoms with Crippen LogP contribution in [0, 0.1) is 0 Å². The quantitative estimate of drug-likeness (QED) is 0.475. The summed E-state index contributed by atoms with van der Waals surface area (Å²) >= 11 is -0.748. The van der Waals surface area contributed by atoms with Gasteiger partial charge in [0.2, 0.25) is 0 Å². The van der Waals surface area contributed by atoms with Crippen molar-refractivity contribution in [1.29, 1.82) is 0 Å². The predicted octanol–water partition coefficient (Wildman–Crippen LogP) is -1.71. The van der Waals surface area contributed by atoms with Gasteiger partial charge in [-0.15, -0.1) is 0 Å². The van der Waals surface area contributed by atoms with Crippen molar-refractivity contribution in [1.82, 2.24) is 0 Å². The number of methoxy groups -OCH3 is 1. The second-order valence-electron chi connectivity index (χ2n) is 6.13. The first-order valence-corrected chi connectivity index (χ1v) is 10.1. The maximum atomic E-state index is 5.65. The third kappa shape index (κ3) is 3.29. The maximum Gasteiger partial charge on any atom is -1.00 e. The van der Waals surface area contributed by atoms with E-state index < -0.39 is 23.2 Å². The second-order valence-corrected chi connectivity index (χ2v) is 10.7. The number of rotatable bonds is 3. The van der Waals surface area contributed by atoms with Crippen LogP contribution in [-0.4, -0.2) is 7.11 Å². The van der Waals surface area contributed by atoms with Gasteiger partial charge in [0, 0.05) is 0 Å². The van der Waals surface area contributed by atoms with Crippen LogP contribution in [0.15, 0.2) is 60.7 Å². The van der Waals surface area contributed by atoms with Crippen molar-refractivity contribution in [2.45, 2.75) is 16.5 Å². The van der Waals surface area contributed by atoms with E-state index in [1.54, 1.807) is 10.4 Å². The molecule has 0 aromatic heterocycles. The van der Waals surface area contributed by atoms with E-state index in [-0.39, 0.29) is 24.8 Å². The molecule has 0 amide bonds. The molecule has 4 heteroatoms. The molecule has 0 atom stereocenters. The minimum atomic E-state index is -0.748. The average Bonchev–Trinajstić information content (AvgIpc) is 3.12. The molecular weight excluding hydrogens is 418 g/mol. The minimum Gasteiger partial charge on any atom is -1.00 e. The van der Waals surface area contributed by atoms with Crippen LogP contribution in [-0.2, 0) is 29.7 Å². The summed E-state index contributed by atoms with van der Waals surface area (Å²) in [5.41, 5.74) is 5.65. The molecule has 0 saturated carbocycles. The summed E-state index contributed by atoms with van der Waals surface area (Å²) in [4.78, 5) is 0. The fraction of sp³-hybridized carbons (Fsp3) is 0.200. The van der Waals surface area contributed by atoms with Crippen molar-refractivity contribution in [2.75, 3.05) is 7.11 Å². The second kappa shape index (κ2) is 7.60. The molecule has 0 heterocycles. The molecule has 0 saturated heterocycles. The number of allylic oxidation sites excluding steroid dienone is 4. The molecular formula is C20H18Cl2OZr. The van der Waals surface area contributed by atoms with Crippen molar-refractivity contribution in [3.05, 3.63) is 71.8 Å². The molecule has 1 nitrogen and oxygen atoms in total. The SMILES string of the molecule is COc1cc[c]([Zr+2][C]2(C)C=CC=C2)c2c1-c1ccccc1C2.[Cl-].[Cl-]. The van der Waals surface area contributed by atoms with Crippen LogP contribution in [0.5, 0.6) is 5.75 Å². The molecule has 24 heavy (non-hydrogen) atoms. The molecule has 2 aliphatic carbocycles. The Balaban J connectivity index is 0.00000104. The standard InChI is InChI=1S/C14H11O.C6H7.2ClH.Zr/c1-15-13-8-4-6-11-9-10-5-2-3-7-12(10)14(11)13;1-6-4-2-3-5-6;;;/h2-5,7-8H,9H2,1H3;2-5H,1H3;2*1H;/q;;;;+2/p-2. The van der Waals surface area contributed by atoms with Gasteiger partial charge < -0.3 is 24.8 Å². The van der Waals surface area contributed by atoms with Crippen LogP contribution >= 0.6 is 0 Å². The maximum absolute atomic E-state index is 5.65. The number of benzene rings is 2. The van der Waals surface area contributed by atoms with E-state index in [0.29, 0.717) is 3.12 Å². The van der Waals surface area contributed by atoms with E-state index in [9.17, 15) is 0 Å². The van der Waals surface area contributed by atoms with Gasteiger partial charge in [-0.05, 0) is 0 Å². The van der Waals surface area contributed by atoms with Crippen LogP contribution in [0.25, 0.3) is 11.1 Å². The van der Waals surface area contributed by atoms with E-state index in [1.165, 1.54) is 22.3 Å². The van der Waals surface area contributed by atoms with Gasteiger partial charge in [0.25, 0.3) is 0 Å². The van der Waals surface area contributed by atoms with Gasteiger partial charge in [-0.3, -0.25) is 0 Å². The summed E-state index contributed by atoms with van der Waals surface area (Å²) in [5, 5.41) is 0. The van der Waals surface area contributed by atoms with Gasteiger partial charge in [0.15, 0.2) is 0 Å². The van der Waals surface area contributed by atoms with Gasteiger partial charge >= 0.3 is 144 Å². The Morgan fingerprint density at radius 1 is 1.00 bits per heavy atom. The van der Waals surface area contributed by atoms with Crippen LogP contribution in [0.2, 0.25) is 3.12 Å². The van der Waals surface area contributed by atoms with Gasteiger partial charge in [-0.2, -0.15) is 0 Å². The molecule has 0 radical (unpaired) electrons. The van der Waals surface area contributed by atoms with Crippen molar-refractivity contribution in [3.63, 3.8) is 0 Å². The van der Waals surface area contributed by atoms with Gasteiger partial charge in [-0.1, -0.05) is 0 Å². The summed E-state index contributed by atoms with van der Waals surface area (Å²) in [6.45, 7) is 2.37. The normalized spacial score (nSPS) is 14.9.